The first kappa shape index (κ1) is 20.2. The molecule has 156 valence electrons. The van der Waals surface area contributed by atoms with Crippen LogP contribution in [-0.2, 0) is 16.0 Å². The maximum atomic E-state index is 13.0. The van der Waals surface area contributed by atoms with Gasteiger partial charge in [-0.15, -0.1) is 0 Å². The van der Waals surface area contributed by atoms with Crippen molar-refractivity contribution in [2.45, 2.75) is 38.6 Å². The standard InChI is InChI=1S/C24H33N3O2/c1-18-4-6-19(7-5-18)16-24(28)27-11-10-20-21(17-27)22(8-9-23(20)29-3)26-14-12-25(2)13-15-26/h4-7,17,22H,8-16H2,1-3H3. The first-order valence-corrected chi connectivity index (χ1v) is 10.8. The Morgan fingerprint density at radius 3 is 2.48 bits per heavy atom. The number of amides is 1. The van der Waals surface area contributed by atoms with E-state index in [0.717, 1.165) is 63.3 Å². The Morgan fingerprint density at radius 1 is 1.07 bits per heavy atom. The number of allylic oxidation sites excluding steroid dienone is 1. The maximum absolute atomic E-state index is 13.0. The average Bonchev–Trinajstić information content (AvgIpc) is 2.75. The minimum atomic E-state index is 0.182. The van der Waals surface area contributed by atoms with Gasteiger partial charge in [-0.1, -0.05) is 29.8 Å². The van der Waals surface area contributed by atoms with Crippen molar-refractivity contribution in [3.8, 4) is 0 Å². The number of hydrogen-bond donors (Lipinski definition) is 0. The highest BCUT2D eigenvalue weighted by atomic mass is 16.5. The largest absolute Gasteiger partial charge is 0.501 e. The fraction of sp³-hybridized carbons (Fsp3) is 0.542. The van der Waals surface area contributed by atoms with E-state index >= 15 is 0 Å². The third kappa shape index (κ3) is 4.41. The Bertz CT molecular complexity index is 804. The van der Waals surface area contributed by atoms with E-state index in [0.29, 0.717) is 12.5 Å². The molecule has 0 N–H and O–H groups in total. The minimum absolute atomic E-state index is 0.182. The summed E-state index contributed by atoms with van der Waals surface area (Å²) < 4.78 is 5.72. The summed E-state index contributed by atoms with van der Waals surface area (Å²) in [5, 5.41) is 0. The number of nitrogens with zero attached hydrogens (tertiary/aromatic N) is 3. The predicted octanol–water partition coefficient (Wildman–Crippen LogP) is 2.96. The van der Waals surface area contributed by atoms with Gasteiger partial charge in [-0.25, -0.2) is 0 Å². The molecule has 1 aromatic rings. The van der Waals surface area contributed by atoms with E-state index in [2.05, 4.69) is 54.2 Å². The third-order valence-electron chi connectivity index (χ3n) is 6.61. The Morgan fingerprint density at radius 2 is 1.79 bits per heavy atom. The monoisotopic (exact) mass is 395 g/mol. The number of aryl methyl sites for hydroxylation is 1. The third-order valence-corrected chi connectivity index (χ3v) is 6.61. The molecule has 2 aliphatic heterocycles. The molecule has 29 heavy (non-hydrogen) atoms. The molecule has 1 fully saturated rings. The van der Waals surface area contributed by atoms with Crippen LogP contribution in [0.15, 0.2) is 47.4 Å². The van der Waals surface area contributed by atoms with Crippen molar-refractivity contribution in [1.29, 1.82) is 0 Å². The highest BCUT2D eigenvalue weighted by Gasteiger charge is 2.35. The van der Waals surface area contributed by atoms with Gasteiger partial charge in [0.25, 0.3) is 0 Å². The molecule has 1 aliphatic carbocycles. The number of rotatable bonds is 4. The van der Waals surface area contributed by atoms with Crippen LogP contribution in [0.3, 0.4) is 0 Å². The zero-order valence-electron chi connectivity index (χ0n) is 18.0. The van der Waals surface area contributed by atoms with Gasteiger partial charge < -0.3 is 14.5 Å². The zero-order valence-corrected chi connectivity index (χ0v) is 18.0. The van der Waals surface area contributed by atoms with Crippen LogP contribution < -0.4 is 0 Å². The van der Waals surface area contributed by atoms with Gasteiger partial charge in [0.2, 0.25) is 5.91 Å². The number of carbonyl (C=O) groups is 1. The van der Waals surface area contributed by atoms with Crippen LogP contribution in [0.4, 0.5) is 0 Å². The second-order valence-corrected chi connectivity index (χ2v) is 8.58. The van der Waals surface area contributed by atoms with Crippen molar-refractivity contribution in [2.75, 3.05) is 46.9 Å². The van der Waals surface area contributed by atoms with E-state index in [4.69, 9.17) is 4.74 Å². The quantitative estimate of drug-likeness (QED) is 0.785. The van der Waals surface area contributed by atoms with E-state index < -0.39 is 0 Å². The Hall–Kier alpha value is -2.11. The molecule has 1 aromatic carbocycles. The predicted molar refractivity (Wildman–Crippen MR) is 115 cm³/mol. The van der Waals surface area contributed by atoms with Gasteiger partial charge in [-0.3, -0.25) is 9.69 Å². The lowest BCUT2D eigenvalue weighted by molar-refractivity contribution is -0.128. The second kappa shape index (κ2) is 8.72. The van der Waals surface area contributed by atoms with Gasteiger partial charge in [-0.05, 0) is 43.5 Å². The molecule has 0 bridgehead atoms. The summed E-state index contributed by atoms with van der Waals surface area (Å²) in [6.07, 6.45) is 5.55. The van der Waals surface area contributed by atoms with Crippen molar-refractivity contribution in [2.24, 2.45) is 0 Å². The van der Waals surface area contributed by atoms with Crippen LogP contribution in [0.5, 0.6) is 0 Å². The van der Waals surface area contributed by atoms with E-state index in [1.165, 1.54) is 16.7 Å². The topological polar surface area (TPSA) is 36.0 Å². The lowest BCUT2D eigenvalue weighted by Gasteiger charge is -2.43. The average molecular weight is 396 g/mol. The fourth-order valence-electron chi connectivity index (χ4n) is 4.77. The number of fused-ring (bicyclic) bond motifs is 1. The highest BCUT2D eigenvalue weighted by molar-refractivity contribution is 5.80. The molecule has 0 radical (unpaired) electrons. The summed E-state index contributed by atoms with van der Waals surface area (Å²) >= 11 is 0. The molecule has 1 amide bonds. The number of hydrogen-bond acceptors (Lipinski definition) is 4. The highest BCUT2D eigenvalue weighted by Crippen LogP contribution is 2.38. The van der Waals surface area contributed by atoms with Crippen molar-refractivity contribution in [3.05, 3.63) is 58.5 Å². The molecule has 3 aliphatic rings. The first-order valence-electron chi connectivity index (χ1n) is 10.8. The van der Waals surface area contributed by atoms with Crippen LogP contribution in [0, 0.1) is 6.92 Å². The van der Waals surface area contributed by atoms with Gasteiger partial charge >= 0.3 is 0 Å². The Kier molecular flexibility index (Phi) is 6.07. The summed E-state index contributed by atoms with van der Waals surface area (Å²) in [4.78, 5) is 20.0. The summed E-state index contributed by atoms with van der Waals surface area (Å²) in [5.41, 5.74) is 4.95. The van der Waals surface area contributed by atoms with Gasteiger partial charge in [0, 0.05) is 51.4 Å². The van der Waals surface area contributed by atoms with E-state index in [1.807, 2.05) is 4.90 Å². The number of benzene rings is 1. The number of ether oxygens (including phenoxy) is 1. The maximum Gasteiger partial charge on any atom is 0.230 e. The molecular formula is C24H33N3O2. The number of likely N-dealkylation sites (N-methyl/N-ethyl adjacent to an activating group) is 1. The van der Waals surface area contributed by atoms with Crippen LogP contribution >= 0.6 is 0 Å². The molecule has 5 nitrogen and oxygen atoms in total. The normalized spacial score (nSPS) is 23.6. The van der Waals surface area contributed by atoms with Crippen LogP contribution in [0.25, 0.3) is 0 Å². The Balaban J connectivity index is 1.55. The number of carbonyl (C=O) groups excluding carboxylic acids is 1. The Labute approximate surface area is 174 Å². The van der Waals surface area contributed by atoms with Crippen LogP contribution in [0.2, 0.25) is 0 Å². The van der Waals surface area contributed by atoms with E-state index in [-0.39, 0.29) is 5.91 Å². The lowest BCUT2D eigenvalue weighted by Crippen LogP contribution is -2.51. The molecule has 1 atom stereocenters. The molecule has 1 saturated heterocycles. The van der Waals surface area contributed by atoms with Crippen LogP contribution in [0.1, 0.15) is 30.4 Å². The molecule has 0 saturated carbocycles. The first-order chi connectivity index (χ1) is 14.0. The summed E-state index contributed by atoms with van der Waals surface area (Å²) in [7, 11) is 3.98. The summed E-state index contributed by atoms with van der Waals surface area (Å²) in [5.74, 6) is 1.30. The van der Waals surface area contributed by atoms with Crippen LogP contribution in [-0.4, -0.2) is 73.5 Å². The van der Waals surface area contributed by atoms with Gasteiger partial charge in [-0.2, -0.15) is 0 Å². The fourth-order valence-corrected chi connectivity index (χ4v) is 4.77. The zero-order chi connectivity index (χ0) is 20.4. The van der Waals surface area contributed by atoms with Gasteiger partial charge in [0.15, 0.2) is 0 Å². The molecule has 2 heterocycles. The van der Waals surface area contributed by atoms with Crippen molar-refractivity contribution in [3.63, 3.8) is 0 Å². The lowest BCUT2D eigenvalue weighted by atomic mass is 9.83. The SMILES string of the molecule is COC1=C2CCN(C(=O)Cc3ccc(C)cc3)C=C2C(N2CCN(C)CC2)CC1. The molecule has 4 rings (SSSR count). The summed E-state index contributed by atoms with van der Waals surface area (Å²) in [6.45, 7) is 7.21. The molecule has 1 unspecified atom stereocenters. The van der Waals surface area contributed by atoms with Gasteiger partial charge in [0.05, 0.1) is 19.3 Å². The van der Waals surface area contributed by atoms with Gasteiger partial charge in [0.1, 0.15) is 0 Å². The molecule has 0 aromatic heterocycles. The minimum Gasteiger partial charge on any atom is -0.501 e. The molecule has 0 spiro atoms. The summed E-state index contributed by atoms with van der Waals surface area (Å²) in [6, 6.07) is 8.67. The van der Waals surface area contributed by atoms with E-state index in [9.17, 15) is 4.79 Å². The number of piperazine rings is 1. The molecular weight excluding hydrogens is 362 g/mol. The van der Waals surface area contributed by atoms with Crippen molar-refractivity contribution in [1.82, 2.24) is 14.7 Å². The van der Waals surface area contributed by atoms with Crippen molar-refractivity contribution >= 4 is 5.91 Å². The second-order valence-electron chi connectivity index (χ2n) is 8.58. The smallest absolute Gasteiger partial charge is 0.230 e. The molecule has 5 heteroatoms. The van der Waals surface area contributed by atoms with E-state index in [1.54, 1.807) is 7.11 Å². The van der Waals surface area contributed by atoms with Crippen molar-refractivity contribution < 1.29 is 9.53 Å². The number of methoxy groups -OCH3 is 1.